The zero-order chi connectivity index (χ0) is 16.7. The fourth-order valence-corrected chi connectivity index (χ4v) is 2.91. The molecule has 0 bridgehead atoms. The van der Waals surface area contributed by atoms with Gasteiger partial charge in [0.15, 0.2) is 11.5 Å². The van der Waals surface area contributed by atoms with Crippen molar-refractivity contribution in [3.8, 4) is 17.2 Å². The van der Waals surface area contributed by atoms with Crippen LogP contribution in [0.15, 0.2) is 12.1 Å². The van der Waals surface area contributed by atoms with E-state index in [2.05, 4.69) is 10.6 Å². The minimum Gasteiger partial charge on any atom is -0.496 e. The molecule has 2 amide bonds. The topological polar surface area (TPSA) is 68.8 Å². The van der Waals surface area contributed by atoms with Gasteiger partial charge in [0, 0.05) is 18.7 Å². The fraction of sp³-hybridized carbons (Fsp3) is 0.588. The Labute approximate surface area is 137 Å². The summed E-state index contributed by atoms with van der Waals surface area (Å²) in [5.41, 5.74) is 0.964. The molecule has 0 aliphatic heterocycles. The van der Waals surface area contributed by atoms with Gasteiger partial charge >= 0.3 is 6.03 Å². The Morgan fingerprint density at radius 3 is 2.26 bits per heavy atom. The molecule has 2 rings (SSSR count). The lowest BCUT2D eigenvalue weighted by atomic mass is 10.1. The maximum Gasteiger partial charge on any atom is 0.315 e. The van der Waals surface area contributed by atoms with Gasteiger partial charge in [-0.25, -0.2) is 4.79 Å². The minimum absolute atomic E-state index is 0.101. The van der Waals surface area contributed by atoms with Crippen molar-refractivity contribution in [2.24, 2.45) is 0 Å². The standard InChI is InChI=1S/C17H26N2O4/c1-21-14-11-16(23-3)15(22-2)10-12(14)8-9-18-17(20)19-13-6-4-5-7-13/h10-11,13H,4-9H2,1-3H3,(H2,18,19,20). The molecule has 1 saturated carbocycles. The number of urea groups is 1. The van der Waals surface area contributed by atoms with Gasteiger partial charge in [-0.2, -0.15) is 0 Å². The molecule has 1 aromatic rings. The van der Waals surface area contributed by atoms with Gasteiger partial charge in [-0.3, -0.25) is 0 Å². The van der Waals surface area contributed by atoms with Crippen LogP contribution in [0.3, 0.4) is 0 Å². The van der Waals surface area contributed by atoms with E-state index in [0.717, 1.165) is 24.2 Å². The van der Waals surface area contributed by atoms with E-state index in [-0.39, 0.29) is 6.03 Å². The average Bonchev–Trinajstić information content (AvgIpc) is 3.07. The van der Waals surface area contributed by atoms with E-state index in [9.17, 15) is 4.79 Å². The lowest BCUT2D eigenvalue weighted by Gasteiger charge is -2.15. The number of hydrogen-bond acceptors (Lipinski definition) is 4. The van der Waals surface area contributed by atoms with Crippen LogP contribution < -0.4 is 24.8 Å². The third kappa shape index (κ3) is 4.68. The maximum absolute atomic E-state index is 11.9. The lowest BCUT2D eigenvalue weighted by Crippen LogP contribution is -2.41. The quantitative estimate of drug-likeness (QED) is 0.809. The molecule has 1 aliphatic carbocycles. The Hall–Kier alpha value is -2.11. The molecule has 6 nitrogen and oxygen atoms in total. The van der Waals surface area contributed by atoms with Gasteiger partial charge < -0.3 is 24.8 Å². The summed E-state index contributed by atoms with van der Waals surface area (Å²) in [6, 6.07) is 3.91. The number of methoxy groups -OCH3 is 3. The molecular weight excluding hydrogens is 296 g/mol. The molecule has 2 N–H and O–H groups in total. The van der Waals surface area contributed by atoms with E-state index in [4.69, 9.17) is 14.2 Å². The lowest BCUT2D eigenvalue weighted by molar-refractivity contribution is 0.237. The predicted molar refractivity (Wildman–Crippen MR) is 88.6 cm³/mol. The maximum atomic E-state index is 11.9. The van der Waals surface area contributed by atoms with Gasteiger partial charge in [0.25, 0.3) is 0 Å². The molecule has 0 saturated heterocycles. The first-order chi connectivity index (χ1) is 11.2. The average molecular weight is 322 g/mol. The normalized spacial score (nSPS) is 14.4. The smallest absolute Gasteiger partial charge is 0.315 e. The van der Waals surface area contributed by atoms with Crippen LogP contribution in [0.25, 0.3) is 0 Å². The van der Waals surface area contributed by atoms with E-state index in [1.54, 1.807) is 27.4 Å². The third-order valence-electron chi connectivity index (χ3n) is 4.16. The fourth-order valence-electron chi connectivity index (χ4n) is 2.91. The molecule has 1 aliphatic rings. The molecule has 6 heteroatoms. The molecule has 128 valence electrons. The first-order valence-corrected chi connectivity index (χ1v) is 8.01. The number of nitrogens with one attached hydrogen (secondary N) is 2. The Balaban J connectivity index is 1.90. The zero-order valence-electron chi connectivity index (χ0n) is 14.1. The number of ether oxygens (including phenoxy) is 3. The van der Waals surface area contributed by atoms with Crippen LogP contribution >= 0.6 is 0 Å². The number of hydrogen-bond donors (Lipinski definition) is 2. The van der Waals surface area contributed by atoms with Crippen LogP contribution in [0.5, 0.6) is 17.2 Å². The molecule has 1 aromatic carbocycles. The highest BCUT2D eigenvalue weighted by atomic mass is 16.5. The van der Waals surface area contributed by atoms with Crippen LogP contribution in [0.2, 0.25) is 0 Å². The van der Waals surface area contributed by atoms with Crippen LogP contribution in [0.4, 0.5) is 4.79 Å². The van der Waals surface area contributed by atoms with Crippen molar-refractivity contribution in [3.63, 3.8) is 0 Å². The molecule has 0 unspecified atom stereocenters. The second kappa shape index (κ2) is 8.50. The number of carbonyl (C=O) groups excluding carboxylic acids is 1. The van der Waals surface area contributed by atoms with Crippen molar-refractivity contribution in [2.45, 2.75) is 38.1 Å². The summed E-state index contributed by atoms with van der Waals surface area (Å²) >= 11 is 0. The number of rotatable bonds is 7. The van der Waals surface area contributed by atoms with Crippen LogP contribution in [-0.2, 0) is 6.42 Å². The number of carbonyl (C=O) groups is 1. The highest BCUT2D eigenvalue weighted by Gasteiger charge is 2.17. The van der Waals surface area contributed by atoms with Crippen LogP contribution in [0, 0.1) is 0 Å². The highest BCUT2D eigenvalue weighted by Crippen LogP contribution is 2.34. The van der Waals surface area contributed by atoms with Gasteiger partial charge in [0.1, 0.15) is 5.75 Å². The predicted octanol–water partition coefficient (Wildman–Crippen LogP) is 2.50. The minimum atomic E-state index is -0.101. The summed E-state index contributed by atoms with van der Waals surface area (Å²) in [4.78, 5) is 11.9. The molecule has 0 heterocycles. The third-order valence-corrected chi connectivity index (χ3v) is 4.16. The van der Waals surface area contributed by atoms with Gasteiger partial charge in [-0.15, -0.1) is 0 Å². The summed E-state index contributed by atoms with van der Waals surface area (Å²) in [6.07, 6.45) is 5.22. The van der Waals surface area contributed by atoms with Crippen molar-refractivity contribution in [1.82, 2.24) is 10.6 Å². The second-order valence-electron chi connectivity index (χ2n) is 5.65. The summed E-state index contributed by atoms with van der Waals surface area (Å²) in [5, 5.41) is 5.91. The van der Waals surface area contributed by atoms with E-state index in [0.29, 0.717) is 30.5 Å². The Kier molecular flexibility index (Phi) is 6.38. The number of benzene rings is 1. The van der Waals surface area contributed by atoms with E-state index < -0.39 is 0 Å². The van der Waals surface area contributed by atoms with Crippen LogP contribution in [-0.4, -0.2) is 39.9 Å². The monoisotopic (exact) mass is 322 g/mol. The van der Waals surface area contributed by atoms with Crippen molar-refractivity contribution in [3.05, 3.63) is 17.7 Å². The first kappa shape index (κ1) is 17.2. The molecule has 0 spiro atoms. The van der Waals surface area contributed by atoms with Gasteiger partial charge in [0.2, 0.25) is 0 Å². The molecule has 23 heavy (non-hydrogen) atoms. The second-order valence-corrected chi connectivity index (χ2v) is 5.65. The van der Waals surface area contributed by atoms with Gasteiger partial charge in [-0.05, 0) is 30.9 Å². The van der Waals surface area contributed by atoms with Crippen LogP contribution in [0.1, 0.15) is 31.2 Å². The zero-order valence-corrected chi connectivity index (χ0v) is 14.1. The van der Waals surface area contributed by atoms with Crippen molar-refractivity contribution < 1.29 is 19.0 Å². The molecule has 0 aromatic heterocycles. The summed E-state index contributed by atoms with van der Waals surface area (Å²) in [6.45, 7) is 0.532. The van der Waals surface area contributed by atoms with Crippen molar-refractivity contribution >= 4 is 6.03 Å². The van der Waals surface area contributed by atoms with Crippen molar-refractivity contribution in [2.75, 3.05) is 27.9 Å². The summed E-state index contributed by atoms with van der Waals surface area (Å²) in [5.74, 6) is 2.00. The largest absolute Gasteiger partial charge is 0.496 e. The Bertz CT molecular complexity index is 528. The molecular formula is C17H26N2O4. The van der Waals surface area contributed by atoms with E-state index in [1.807, 2.05) is 6.07 Å². The van der Waals surface area contributed by atoms with E-state index >= 15 is 0 Å². The van der Waals surface area contributed by atoms with E-state index in [1.165, 1.54) is 12.8 Å². The Morgan fingerprint density at radius 1 is 1.04 bits per heavy atom. The molecule has 0 atom stereocenters. The SMILES string of the molecule is COc1cc(OC)c(OC)cc1CCNC(=O)NC1CCCC1. The first-order valence-electron chi connectivity index (χ1n) is 8.01. The van der Waals surface area contributed by atoms with Crippen molar-refractivity contribution in [1.29, 1.82) is 0 Å². The Morgan fingerprint density at radius 2 is 1.65 bits per heavy atom. The summed E-state index contributed by atoms with van der Waals surface area (Å²) < 4.78 is 16.0. The molecule has 1 fully saturated rings. The number of amides is 2. The van der Waals surface area contributed by atoms with Gasteiger partial charge in [-0.1, -0.05) is 12.8 Å². The highest BCUT2D eigenvalue weighted by molar-refractivity contribution is 5.74. The molecule has 0 radical (unpaired) electrons. The van der Waals surface area contributed by atoms with Gasteiger partial charge in [0.05, 0.1) is 21.3 Å². The summed E-state index contributed by atoms with van der Waals surface area (Å²) in [7, 11) is 4.80.